The topological polar surface area (TPSA) is 123 Å². The van der Waals surface area contributed by atoms with Crippen LogP contribution in [0.3, 0.4) is 0 Å². The average molecular weight is 446 g/mol. The number of aromatic nitrogens is 4. The van der Waals surface area contributed by atoms with Crippen LogP contribution in [0.25, 0.3) is 11.2 Å². The Labute approximate surface area is 185 Å². The first-order valence-electron chi connectivity index (χ1n) is 10.7. The van der Waals surface area contributed by atoms with Crippen molar-refractivity contribution in [3.05, 3.63) is 50.7 Å². The van der Waals surface area contributed by atoms with Crippen molar-refractivity contribution in [2.45, 2.75) is 45.9 Å². The number of imidazole rings is 1. The fraction of sp³-hybridized carbons (Fsp3) is 0.500. The highest BCUT2D eigenvalue weighted by atomic mass is 16.5. The van der Waals surface area contributed by atoms with E-state index in [1.807, 2.05) is 45.0 Å². The van der Waals surface area contributed by atoms with Crippen molar-refractivity contribution >= 4 is 17.1 Å². The molecule has 2 aromatic heterocycles. The Morgan fingerprint density at radius 2 is 2.06 bits per heavy atom. The van der Waals surface area contributed by atoms with Gasteiger partial charge in [0.2, 0.25) is 5.95 Å². The van der Waals surface area contributed by atoms with E-state index in [0.717, 1.165) is 12.0 Å². The number of nitrogens with one attached hydrogen (secondary N) is 2. The van der Waals surface area contributed by atoms with E-state index in [1.165, 1.54) is 11.6 Å². The van der Waals surface area contributed by atoms with Crippen LogP contribution in [0.2, 0.25) is 0 Å². The summed E-state index contributed by atoms with van der Waals surface area (Å²) in [4.78, 5) is 31.3. The zero-order valence-corrected chi connectivity index (χ0v) is 18.9. The van der Waals surface area contributed by atoms with E-state index in [0.29, 0.717) is 24.8 Å². The first kappa shape index (κ1) is 23.6. The monoisotopic (exact) mass is 445 g/mol. The smallest absolute Gasteiger partial charge is 0.329 e. The molecule has 0 amide bonds. The number of benzene rings is 1. The van der Waals surface area contributed by atoms with Gasteiger partial charge in [-0.15, -0.1) is 0 Å². The lowest BCUT2D eigenvalue weighted by molar-refractivity contribution is 0.0786. The predicted molar refractivity (Wildman–Crippen MR) is 122 cm³/mol. The molecule has 3 N–H and O–H groups in total. The molecule has 0 radical (unpaired) electrons. The third kappa shape index (κ3) is 5.77. The second-order valence-corrected chi connectivity index (χ2v) is 8.02. The molecule has 0 fully saturated rings. The van der Waals surface area contributed by atoms with Crippen molar-refractivity contribution in [1.29, 1.82) is 0 Å². The van der Waals surface area contributed by atoms with Gasteiger partial charge < -0.3 is 24.5 Å². The van der Waals surface area contributed by atoms with Crippen LogP contribution in [0.4, 0.5) is 5.95 Å². The number of aliphatic hydroxyl groups is 1. The molecule has 32 heavy (non-hydrogen) atoms. The van der Waals surface area contributed by atoms with Gasteiger partial charge in [-0.2, -0.15) is 4.98 Å². The number of aliphatic hydroxyl groups excluding tert-OH is 1. The standard InChI is InChI=1S/C22H31N5O5/c1-14(2)31-10-6-9-23-21-24-19-18(20(29)25-22(30)26(19)4)27(21)12-16(28)13-32-17-8-5-7-15(3)11-17/h5,7-8,11,14,16,28H,6,9-10,12-13H2,1-4H3,(H,23,24)(H,25,29,30)/t16-/m0/s1. The summed E-state index contributed by atoms with van der Waals surface area (Å²) >= 11 is 0. The average Bonchev–Trinajstić information content (AvgIpc) is 3.09. The Hall–Kier alpha value is -3.11. The van der Waals surface area contributed by atoms with Gasteiger partial charge in [-0.25, -0.2) is 4.79 Å². The second kappa shape index (κ2) is 10.5. The van der Waals surface area contributed by atoms with Crippen LogP contribution in [-0.4, -0.2) is 56.2 Å². The van der Waals surface area contributed by atoms with Crippen molar-refractivity contribution in [2.24, 2.45) is 7.05 Å². The minimum Gasteiger partial charge on any atom is -0.491 e. The Kier molecular flexibility index (Phi) is 7.70. The Bertz CT molecular complexity index is 1160. The van der Waals surface area contributed by atoms with Crippen molar-refractivity contribution in [3.8, 4) is 5.75 Å². The minimum atomic E-state index is -0.908. The molecular weight excluding hydrogens is 414 g/mol. The highest BCUT2D eigenvalue weighted by molar-refractivity contribution is 5.74. The molecular formula is C22H31N5O5. The molecule has 1 atom stereocenters. The quantitative estimate of drug-likeness (QED) is 0.381. The van der Waals surface area contributed by atoms with Gasteiger partial charge in [0, 0.05) is 20.2 Å². The van der Waals surface area contributed by atoms with E-state index in [1.54, 1.807) is 4.57 Å². The van der Waals surface area contributed by atoms with E-state index in [-0.39, 0.29) is 30.4 Å². The van der Waals surface area contributed by atoms with Crippen molar-refractivity contribution in [3.63, 3.8) is 0 Å². The van der Waals surface area contributed by atoms with Gasteiger partial charge in [0.25, 0.3) is 5.56 Å². The molecule has 0 bridgehead atoms. The van der Waals surface area contributed by atoms with Crippen LogP contribution >= 0.6 is 0 Å². The SMILES string of the molecule is Cc1cccc(OC[C@@H](O)Cn2c(NCCCOC(C)C)nc3c2c(=O)[nH]c(=O)n3C)c1. The molecule has 1 aromatic carbocycles. The fourth-order valence-electron chi connectivity index (χ4n) is 3.30. The molecule has 0 spiro atoms. The Morgan fingerprint density at radius 3 is 2.78 bits per heavy atom. The number of nitrogens with zero attached hydrogens (tertiary/aromatic N) is 3. The second-order valence-electron chi connectivity index (χ2n) is 8.02. The summed E-state index contributed by atoms with van der Waals surface area (Å²) in [6.07, 6.45) is -0.0269. The number of ether oxygens (including phenoxy) is 2. The minimum absolute atomic E-state index is 0.0362. The Balaban J connectivity index is 1.80. The zero-order valence-electron chi connectivity index (χ0n) is 18.9. The number of aromatic amines is 1. The van der Waals surface area contributed by atoms with Crippen LogP contribution in [0.15, 0.2) is 33.9 Å². The van der Waals surface area contributed by atoms with E-state index in [9.17, 15) is 14.7 Å². The van der Waals surface area contributed by atoms with Gasteiger partial charge >= 0.3 is 5.69 Å². The molecule has 0 unspecified atom stereocenters. The van der Waals surface area contributed by atoms with E-state index in [4.69, 9.17) is 9.47 Å². The first-order chi connectivity index (χ1) is 15.3. The van der Waals surface area contributed by atoms with Gasteiger partial charge in [0.15, 0.2) is 11.2 Å². The molecule has 2 heterocycles. The molecule has 10 heteroatoms. The van der Waals surface area contributed by atoms with Crippen LogP contribution < -0.4 is 21.3 Å². The maximum absolute atomic E-state index is 12.5. The maximum Gasteiger partial charge on any atom is 0.329 e. The molecule has 3 rings (SSSR count). The van der Waals surface area contributed by atoms with Gasteiger partial charge in [0.05, 0.1) is 12.6 Å². The van der Waals surface area contributed by atoms with Crippen molar-refractivity contribution in [1.82, 2.24) is 19.1 Å². The molecule has 0 saturated carbocycles. The molecule has 174 valence electrons. The summed E-state index contributed by atoms with van der Waals surface area (Å²) < 4.78 is 14.1. The fourth-order valence-corrected chi connectivity index (χ4v) is 3.30. The largest absolute Gasteiger partial charge is 0.491 e. The lowest BCUT2D eigenvalue weighted by atomic mass is 10.2. The normalized spacial score (nSPS) is 12.4. The lowest BCUT2D eigenvalue weighted by Gasteiger charge is -2.16. The van der Waals surface area contributed by atoms with Crippen LogP contribution in [0.5, 0.6) is 5.75 Å². The van der Waals surface area contributed by atoms with Crippen LogP contribution in [-0.2, 0) is 18.3 Å². The number of fused-ring (bicyclic) bond motifs is 1. The van der Waals surface area contributed by atoms with Crippen molar-refractivity contribution in [2.75, 3.05) is 25.1 Å². The summed E-state index contributed by atoms with van der Waals surface area (Å²) in [5.41, 5.74) is 0.401. The summed E-state index contributed by atoms with van der Waals surface area (Å²) in [7, 11) is 1.54. The third-order valence-corrected chi connectivity index (χ3v) is 4.89. The molecule has 0 aliphatic heterocycles. The van der Waals surface area contributed by atoms with Crippen molar-refractivity contribution < 1.29 is 14.6 Å². The number of H-pyrrole nitrogens is 1. The van der Waals surface area contributed by atoms with E-state index >= 15 is 0 Å². The van der Waals surface area contributed by atoms with Gasteiger partial charge in [0.1, 0.15) is 18.5 Å². The summed E-state index contributed by atoms with van der Waals surface area (Å²) in [5.74, 6) is 1.05. The summed E-state index contributed by atoms with van der Waals surface area (Å²) in [6, 6.07) is 7.54. The number of aryl methyl sites for hydroxylation is 2. The predicted octanol–water partition coefficient (Wildman–Crippen LogP) is 1.40. The van der Waals surface area contributed by atoms with Gasteiger partial charge in [-0.05, 0) is 44.9 Å². The molecule has 0 aliphatic rings. The highest BCUT2D eigenvalue weighted by Crippen LogP contribution is 2.17. The number of anilines is 1. The Morgan fingerprint density at radius 1 is 1.28 bits per heavy atom. The van der Waals surface area contributed by atoms with Gasteiger partial charge in [-0.3, -0.25) is 14.3 Å². The molecule has 10 nitrogen and oxygen atoms in total. The number of hydrogen-bond acceptors (Lipinski definition) is 7. The van der Waals surface area contributed by atoms with E-state index < -0.39 is 17.4 Å². The maximum atomic E-state index is 12.5. The highest BCUT2D eigenvalue weighted by Gasteiger charge is 2.20. The molecule has 3 aromatic rings. The first-order valence-corrected chi connectivity index (χ1v) is 10.7. The third-order valence-electron chi connectivity index (χ3n) is 4.89. The summed E-state index contributed by atoms with van der Waals surface area (Å²) in [5, 5.41) is 13.8. The van der Waals surface area contributed by atoms with E-state index in [2.05, 4.69) is 15.3 Å². The van der Waals surface area contributed by atoms with Gasteiger partial charge in [-0.1, -0.05) is 12.1 Å². The molecule has 0 aliphatic carbocycles. The summed E-state index contributed by atoms with van der Waals surface area (Å²) in [6.45, 7) is 7.14. The van der Waals surface area contributed by atoms with Crippen LogP contribution in [0, 0.1) is 6.92 Å². The lowest BCUT2D eigenvalue weighted by Crippen LogP contribution is -2.31. The number of hydrogen-bond donors (Lipinski definition) is 3. The number of rotatable bonds is 11. The zero-order chi connectivity index (χ0) is 23.3. The van der Waals surface area contributed by atoms with Crippen LogP contribution in [0.1, 0.15) is 25.8 Å². The molecule has 0 saturated heterocycles.